The number of anilines is 3. The molecule has 0 unspecified atom stereocenters. The third-order valence-electron chi connectivity index (χ3n) is 10.2. The average molecular weight is 654 g/mol. The lowest BCUT2D eigenvalue weighted by atomic mass is 9.66. The molecule has 0 N–H and O–H groups in total. The highest BCUT2D eigenvalue weighted by Crippen LogP contribution is 2.41. The van der Waals surface area contributed by atoms with Crippen LogP contribution in [-0.2, 0) is 0 Å². The van der Waals surface area contributed by atoms with Gasteiger partial charge in [0.05, 0.1) is 22.1 Å². The number of para-hydroxylation sites is 5. The second kappa shape index (κ2) is 10.8. The first-order valence-corrected chi connectivity index (χ1v) is 17.2. The van der Waals surface area contributed by atoms with Crippen molar-refractivity contribution in [1.82, 2.24) is 18.9 Å². The van der Waals surface area contributed by atoms with Gasteiger partial charge in [-0.25, -0.2) is 0 Å². The van der Waals surface area contributed by atoms with E-state index in [1.54, 1.807) is 0 Å². The van der Waals surface area contributed by atoms with Crippen LogP contribution in [0.1, 0.15) is 0 Å². The smallest absolute Gasteiger partial charge is 0.393 e. The van der Waals surface area contributed by atoms with E-state index in [9.17, 15) is 0 Å². The summed E-state index contributed by atoms with van der Waals surface area (Å²) >= 11 is 0. The van der Waals surface area contributed by atoms with Gasteiger partial charge in [0.15, 0.2) is 0 Å². The second-order valence-electron chi connectivity index (χ2n) is 13.1. The molecule has 1 aliphatic rings. The molecule has 0 aliphatic carbocycles. The highest BCUT2D eigenvalue weighted by Gasteiger charge is 2.37. The van der Waals surface area contributed by atoms with Crippen LogP contribution in [0, 0.1) is 0 Å². The van der Waals surface area contributed by atoms with E-state index in [-0.39, 0.29) is 6.98 Å². The molecule has 10 aromatic rings. The maximum atomic E-state index is 6.36. The Bertz CT molecular complexity index is 2850. The van der Waals surface area contributed by atoms with Gasteiger partial charge in [-0.2, -0.15) is 9.97 Å². The fourth-order valence-corrected chi connectivity index (χ4v) is 8.01. The van der Waals surface area contributed by atoms with E-state index in [2.05, 4.69) is 147 Å². The molecule has 7 heteroatoms. The molecule has 0 bridgehead atoms. The summed E-state index contributed by atoms with van der Waals surface area (Å²) in [5, 5.41) is 7.55. The number of benzene rings is 8. The van der Waals surface area contributed by atoms with Crippen molar-refractivity contribution >= 4 is 83.9 Å². The second-order valence-corrected chi connectivity index (χ2v) is 13.1. The van der Waals surface area contributed by atoms with Gasteiger partial charge in [-0.1, -0.05) is 109 Å². The molecule has 1 aliphatic heterocycles. The molecule has 8 aromatic carbocycles. The number of hydrogen-bond donors (Lipinski definition) is 0. The Morgan fingerprint density at radius 3 is 1.45 bits per heavy atom. The third kappa shape index (κ3) is 4.18. The zero-order valence-corrected chi connectivity index (χ0v) is 27.4. The van der Waals surface area contributed by atoms with Crippen molar-refractivity contribution in [2.24, 2.45) is 0 Å². The van der Waals surface area contributed by atoms with Crippen LogP contribution in [0.2, 0.25) is 0 Å². The van der Waals surface area contributed by atoms with Gasteiger partial charge < -0.3 is 18.6 Å². The molecule has 0 fully saturated rings. The molecule has 0 saturated carbocycles. The number of hydrogen-bond acceptors (Lipinski definition) is 4. The van der Waals surface area contributed by atoms with Gasteiger partial charge in [0.25, 0.3) is 12.0 Å². The van der Waals surface area contributed by atoms with E-state index in [0.29, 0.717) is 12.0 Å². The summed E-state index contributed by atoms with van der Waals surface area (Å²) in [6, 6.07) is 61.3. The molecule has 2 aromatic heterocycles. The zero-order valence-electron chi connectivity index (χ0n) is 27.4. The Balaban J connectivity index is 1.10. The summed E-state index contributed by atoms with van der Waals surface area (Å²) < 4.78 is 10.7. The van der Waals surface area contributed by atoms with Crippen molar-refractivity contribution in [3.05, 3.63) is 170 Å². The fraction of sp³-hybridized carbons (Fsp3) is 0. The van der Waals surface area contributed by atoms with Crippen molar-refractivity contribution in [3.63, 3.8) is 0 Å². The minimum absolute atomic E-state index is 0.247. The average Bonchev–Trinajstić information content (AvgIpc) is 3.76. The summed E-state index contributed by atoms with van der Waals surface area (Å²) in [6.45, 7) is -0.247. The Hall–Kier alpha value is -6.86. The SMILES string of the molecule is c1ccc(N(c2ccc(B3n4c(nc5ccccc54)Oc4nc5ccccc5n43)cc2)c2ccc3c4ccccc4c4ccccc4c3c2)cc1. The molecule has 0 amide bonds. The Morgan fingerprint density at radius 2 is 0.863 bits per heavy atom. The molecule has 0 radical (unpaired) electrons. The van der Waals surface area contributed by atoms with Gasteiger partial charge in [0, 0.05) is 17.1 Å². The van der Waals surface area contributed by atoms with E-state index >= 15 is 0 Å². The molecular weight excluding hydrogens is 625 g/mol. The molecule has 0 saturated heterocycles. The number of imidazole rings is 2. The summed E-state index contributed by atoms with van der Waals surface area (Å²) in [6.07, 6.45) is 0. The predicted molar refractivity (Wildman–Crippen MR) is 209 cm³/mol. The summed E-state index contributed by atoms with van der Waals surface area (Å²) in [4.78, 5) is 12.1. The van der Waals surface area contributed by atoms with E-state index < -0.39 is 0 Å². The summed E-state index contributed by atoms with van der Waals surface area (Å²) in [5.74, 6) is 0. The third-order valence-corrected chi connectivity index (χ3v) is 10.2. The van der Waals surface area contributed by atoms with Gasteiger partial charge in [0.2, 0.25) is 0 Å². The van der Waals surface area contributed by atoms with Crippen LogP contribution in [-0.4, -0.2) is 25.9 Å². The van der Waals surface area contributed by atoms with Crippen LogP contribution in [0.15, 0.2) is 170 Å². The van der Waals surface area contributed by atoms with Gasteiger partial charge in [-0.05, 0) is 98.4 Å². The lowest BCUT2D eigenvalue weighted by Gasteiger charge is -2.28. The van der Waals surface area contributed by atoms with Crippen LogP contribution >= 0.6 is 0 Å². The van der Waals surface area contributed by atoms with Crippen LogP contribution in [0.5, 0.6) is 12.0 Å². The van der Waals surface area contributed by atoms with Crippen LogP contribution in [0.4, 0.5) is 17.1 Å². The van der Waals surface area contributed by atoms with Crippen LogP contribution in [0.25, 0.3) is 54.4 Å². The molecular formula is C44H28BN5O. The van der Waals surface area contributed by atoms with Gasteiger partial charge in [-0.3, -0.25) is 0 Å². The van der Waals surface area contributed by atoms with Gasteiger partial charge >= 0.3 is 6.98 Å². The Labute approximate surface area is 293 Å². The monoisotopic (exact) mass is 653 g/mol. The molecule has 6 nitrogen and oxygen atoms in total. The summed E-state index contributed by atoms with van der Waals surface area (Å²) in [7, 11) is 0. The van der Waals surface area contributed by atoms with Gasteiger partial charge in [0.1, 0.15) is 0 Å². The first kappa shape index (κ1) is 28.0. The van der Waals surface area contributed by atoms with Crippen molar-refractivity contribution in [1.29, 1.82) is 0 Å². The van der Waals surface area contributed by atoms with Crippen molar-refractivity contribution in [3.8, 4) is 12.0 Å². The largest absolute Gasteiger partial charge is 0.428 e. The van der Waals surface area contributed by atoms with Gasteiger partial charge in [-0.15, -0.1) is 0 Å². The van der Waals surface area contributed by atoms with Crippen molar-refractivity contribution in [2.45, 2.75) is 0 Å². The fourth-order valence-electron chi connectivity index (χ4n) is 8.01. The molecule has 3 heterocycles. The number of aromatic nitrogens is 4. The first-order valence-electron chi connectivity index (χ1n) is 17.2. The normalized spacial score (nSPS) is 12.4. The quantitative estimate of drug-likeness (QED) is 0.140. The van der Waals surface area contributed by atoms with E-state index in [1.807, 2.05) is 36.4 Å². The minimum atomic E-state index is -0.247. The number of rotatable bonds is 4. The number of fused-ring (bicyclic) bond motifs is 12. The van der Waals surface area contributed by atoms with E-state index in [1.165, 1.54) is 32.3 Å². The van der Waals surface area contributed by atoms with E-state index in [4.69, 9.17) is 14.7 Å². The Morgan fingerprint density at radius 1 is 0.412 bits per heavy atom. The highest BCUT2D eigenvalue weighted by atomic mass is 16.5. The minimum Gasteiger partial charge on any atom is -0.393 e. The van der Waals surface area contributed by atoms with E-state index in [0.717, 1.165) is 44.6 Å². The zero-order chi connectivity index (χ0) is 33.5. The Kier molecular flexibility index (Phi) is 5.95. The highest BCUT2D eigenvalue weighted by molar-refractivity contribution is 6.72. The van der Waals surface area contributed by atoms with Crippen LogP contribution in [0.3, 0.4) is 0 Å². The molecule has 0 atom stereocenters. The molecule has 51 heavy (non-hydrogen) atoms. The lowest BCUT2D eigenvalue weighted by molar-refractivity contribution is 0.393. The maximum absolute atomic E-state index is 6.36. The standard InChI is InChI=1S/C44H28BN5O/c1-2-12-30(13-3-1)48(32-26-27-37-35-16-5-4-14-33(35)34-15-6-7-17-36(34)38(37)28-32)31-24-22-29(23-25-31)45-49-41-20-10-8-18-39(41)46-43(49)51-44-47-40-19-9-11-21-42(40)50(44)45/h1-28H. The first-order chi connectivity index (χ1) is 25.3. The lowest BCUT2D eigenvalue weighted by Crippen LogP contribution is -2.47. The topological polar surface area (TPSA) is 48.1 Å². The molecule has 238 valence electrons. The number of nitrogens with zero attached hydrogens (tertiary/aromatic N) is 5. The molecule has 0 spiro atoms. The van der Waals surface area contributed by atoms with Crippen molar-refractivity contribution < 1.29 is 4.74 Å². The number of ether oxygens (including phenoxy) is 1. The molecule has 11 rings (SSSR count). The van der Waals surface area contributed by atoms with Crippen molar-refractivity contribution in [2.75, 3.05) is 4.90 Å². The van der Waals surface area contributed by atoms with Crippen LogP contribution < -0.4 is 15.1 Å². The predicted octanol–water partition coefficient (Wildman–Crippen LogP) is 10.2. The maximum Gasteiger partial charge on any atom is 0.428 e. The summed E-state index contributed by atoms with van der Waals surface area (Å²) in [5.41, 5.74) is 8.13.